The van der Waals surface area contributed by atoms with E-state index in [0.717, 1.165) is 157 Å². The molecule has 4 aliphatic rings. The topological polar surface area (TPSA) is 203 Å². The van der Waals surface area contributed by atoms with Gasteiger partial charge in [0.25, 0.3) is 11.8 Å². The van der Waals surface area contributed by atoms with Crippen LogP contribution in [-0.2, 0) is 19.1 Å². The molecule has 2 saturated heterocycles. The summed E-state index contributed by atoms with van der Waals surface area (Å²) in [6.07, 6.45) is 9.35. The van der Waals surface area contributed by atoms with E-state index >= 15 is 0 Å². The minimum Gasteiger partial charge on any atom is -0.436 e. The summed E-state index contributed by atoms with van der Waals surface area (Å²) in [7, 11) is 0. The lowest BCUT2D eigenvalue weighted by atomic mass is 9.84. The lowest BCUT2D eigenvalue weighted by Crippen LogP contribution is -2.46. The number of imidazole rings is 2. The van der Waals surface area contributed by atoms with Gasteiger partial charge in [0.05, 0.1) is 34.2 Å². The molecular weight excluding hydrogens is 785 g/mol. The van der Waals surface area contributed by atoms with E-state index in [-0.39, 0.29) is 35.7 Å². The van der Waals surface area contributed by atoms with Crippen molar-refractivity contribution in [1.82, 2.24) is 29.7 Å². The van der Waals surface area contributed by atoms with Crippen molar-refractivity contribution in [1.29, 1.82) is 0 Å². The van der Waals surface area contributed by atoms with E-state index in [0.29, 0.717) is 13.1 Å². The first-order chi connectivity index (χ1) is 30.0. The molecule has 9 rings (SSSR count). The number of nitrogens with one attached hydrogen (secondary N) is 2. The van der Waals surface area contributed by atoms with Crippen molar-refractivity contribution in [2.75, 3.05) is 13.1 Å². The van der Waals surface area contributed by atoms with Crippen LogP contribution in [0.2, 0.25) is 0 Å². The molecule has 0 bridgehead atoms. The Kier molecular flexibility index (Phi) is 11.7. The fourth-order valence-corrected chi connectivity index (χ4v) is 10.9. The Balaban J connectivity index is 0.933. The molecule has 4 atom stereocenters. The maximum absolute atomic E-state index is 14.0. The maximum atomic E-state index is 14.0. The van der Waals surface area contributed by atoms with Crippen LogP contribution in [0.5, 0.6) is 0 Å². The summed E-state index contributed by atoms with van der Waals surface area (Å²) < 4.78 is 11.0. The summed E-state index contributed by atoms with van der Waals surface area (Å²) in [5.74, 6) is 1.07. The Labute approximate surface area is 361 Å². The van der Waals surface area contributed by atoms with E-state index in [1.807, 2.05) is 21.9 Å². The van der Waals surface area contributed by atoms with Gasteiger partial charge in [-0.2, -0.15) is 0 Å². The summed E-state index contributed by atoms with van der Waals surface area (Å²) in [6, 6.07) is 16.3. The number of fused-ring (bicyclic) bond motifs is 2. The fourth-order valence-electron chi connectivity index (χ4n) is 10.9. The molecule has 326 valence electrons. The maximum Gasteiger partial charge on any atom is 0.405 e. The molecule has 0 spiro atoms. The lowest BCUT2D eigenvalue weighted by Gasteiger charge is -2.33. The van der Waals surface area contributed by atoms with E-state index in [4.69, 9.17) is 30.9 Å². The number of carbonyl (C=O) groups is 4. The number of aromatic nitrogens is 4. The highest BCUT2D eigenvalue weighted by molar-refractivity contribution is 5.88. The molecular formula is C48H58N8O6. The van der Waals surface area contributed by atoms with Crippen molar-refractivity contribution >= 4 is 46.1 Å². The van der Waals surface area contributed by atoms with Gasteiger partial charge in [-0.25, -0.2) is 19.6 Å². The van der Waals surface area contributed by atoms with Crippen LogP contribution < -0.4 is 11.5 Å². The number of rotatable bonds is 10. The smallest absolute Gasteiger partial charge is 0.405 e. The van der Waals surface area contributed by atoms with E-state index in [1.54, 1.807) is 0 Å². The number of benzene rings is 3. The summed E-state index contributed by atoms with van der Waals surface area (Å²) >= 11 is 0. The number of hydrogen-bond acceptors (Lipinski definition) is 8. The average molecular weight is 843 g/mol. The van der Waals surface area contributed by atoms with Gasteiger partial charge in [0.15, 0.2) is 12.2 Å². The first-order valence-electron chi connectivity index (χ1n) is 22.7. The number of carbonyl (C=O) groups excluding carboxylic acids is 4. The highest BCUT2D eigenvalue weighted by atomic mass is 16.6. The normalized spacial score (nSPS) is 21.1. The Hall–Kier alpha value is -5.92. The van der Waals surface area contributed by atoms with E-state index in [9.17, 15) is 19.2 Å². The van der Waals surface area contributed by atoms with Crippen molar-refractivity contribution in [2.45, 2.75) is 128 Å². The van der Waals surface area contributed by atoms with Gasteiger partial charge in [0, 0.05) is 24.9 Å². The zero-order chi connectivity index (χ0) is 43.1. The van der Waals surface area contributed by atoms with Gasteiger partial charge in [-0.1, -0.05) is 62.8 Å². The van der Waals surface area contributed by atoms with Gasteiger partial charge in [0.1, 0.15) is 11.6 Å². The minimum absolute atomic E-state index is 0.0220. The second-order valence-corrected chi connectivity index (χ2v) is 18.0. The van der Waals surface area contributed by atoms with Crippen LogP contribution in [0.4, 0.5) is 9.59 Å². The highest BCUT2D eigenvalue weighted by Gasteiger charge is 2.42. The second kappa shape index (κ2) is 17.5. The van der Waals surface area contributed by atoms with Gasteiger partial charge in [-0.15, -0.1) is 0 Å². The summed E-state index contributed by atoms with van der Waals surface area (Å²) in [5, 5.41) is 0. The molecule has 6 N–H and O–H groups in total. The van der Waals surface area contributed by atoms with Crippen molar-refractivity contribution in [3.8, 4) is 22.3 Å². The van der Waals surface area contributed by atoms with Crippen LogP contribution in [0.3, 0.4) is 0 Å². The van der Waals surface area contributed by atoms with Gasteiger partial charge in [-0.05, 0) is 123 Å². The van der Waals surface area contributed by atoms with Gasteiger partial charge >= 0.3 is 12.2 Å². The number of amides is 4. The van der Waals surface area contributed by atoms with Gasteiger partial charge in [-0.3, -0.25) is 9.59 Å². The predicted molar refractivity (Wildman–Crippen MR) is 236 cm³/mol. The van der Waals surface area contributed by atoms with Crippen LogP contribution in [0.1, 0.15) is 125 Å². The van der Waals surface area contributed by atoms with Crippen LogP contribution in [0.25, 0.3) is 44.3 Å². The monoisotopic (exact) mass is 842 g/mol. The van der Waals surface area contributed by atoms with E-state index in [2.05, 4.69) is 60.2 Å². The number of primary amides is 2. The molecule has 62 heavy (non-hydrogen) atoms. The van der Waals surface area contributed by atoms with Crippen molar-refractivity contribution in [3.63, 3.8) is 0 Å². The first-order valence-corrected chi connectivity index (χ1v) is 22.7. The summed E-state index contributed by atoms with van der Waals surface area (Å²) in [5.41, 5.74) is 21.0. The van der Waals surface area contributed by atoms with Crippen LogP contribution >= 0.6 is 0 Å². The third-order valence-electron chi connectivity index (χ3n) is 14.2. The standard InChI is InChI=1S/C48H58N8O6/c1-27-28(2)34(32-18-22-36-38(26-32)54-44(52-36)40-16-10-24-56(40)46(58)42(62-48(50)60)30-13-7-4-8-14-30)20-19-33(27)31-17-21-35-37(25-31)53-43(51-35)39-15-9-23-55(39)45(57)41(61-47(49)59)29-11-5-3-6-12-29/h17-22,25-26,29-30,39-42H,3-16,23-24H2,1-2H3,(H2,49,59)(H2,50,60)(H,51,53)(H,52,54)/t39?,40?,41-,42-/m0/s1. The third kappa shape index (κ3) is 8.11. The van der Waals surface area contributed by atoms with E-state index < -0.39 is 24.4 Å². The highest BCUT2D eigenvalue weighted by Crippen LogP contribution is 2.40. The van der Waals surface area contributed by atoms with Gasteiger partial charge < -0.3 is 40.7 Å². The molecule has 5 aromatic rings. The number of aromatic amines is 2. The third-order valence-corrected chi connectivity index (χ3v) is 14.2. The number of likely N-dealkylation sites (tertiary alicyclic amines) is 2. The molecule has 4 heterocycles. The molecule has 2 unspecified atom stereocenters. The largest absolute Gasteiger partial charge is 0.436 e. The Bertz CT molecular complexity index is 2330. The number of nitrogens with zero attached hydrogens (tertiary/aromatic N) is 4. The van der Waals surface area contributed by atoms with Crippen molar-refractivity contribution in [2.24, 2.45) is 23.3 Å². The fraction of sp³-hybridized carbons (Fsp3) is 0.500. The second-order valence-electron chi connectivity index (χ2n) is 18.0. The lowest BCUT2D eigenvalue weighted by molar-refractivity contribution is -0.145. The molecule has 14 nitrogen and oxygen atoms in total. The summed E-state index contributed by atoms with van der Waals surface area (Å²) in [4.78, 5) is 72.4. The number of hydrogen-bond donors (Lipinski definition) is 4. The molecule has 4 fully saturated rings. The zero-order valence-electron chi connectivity index (χ0n) is 35.8. The quantitative estimate of drug-likeness (QED) is 0.107. The van der Waals surface area contributed by atoms with Crippen molar-refractivity contribution in [3.05, 3.63) is 71.3 Å². The molecule has 4 amide bonds. The van der Waals surface area contributed by atoms with Crippen molar-refractivity contribution < 1.29 is 28.7 Å². The van der Waals surface area contributed by atoms with E-state index in [1.165, 1.54) is 0 Å². The van der Waals surface area contributed by atoms with Gasteiger partial charge in [0.2, 0.25) is 0 Å². The Morgan fingerprint density at radius 2 is 0.984 bits per heavy atom. The molecule has 2 aliphatic heterocycles. The average Bonchev–Trinajstić information content (AvgIpc) is 4.11. The number of H-pyrrole nitrogens is 2. The van der Waals surface area contributed by atoms with Crippen LogP contribution in [0, 0.1) is 25.7 Å². The molecule has 2 saturated carbocycles. The zero-order valence-corrected chi connectivity index (χ0v) is 35.8. The number of ether oxygens (including phenoxy) is 2. The Morgan fingerprint density at radius 1 is 0.581 bits per heavy atom. The van der Waals surface area contributed by atoms with Crippen LogP contribution in [-0.4, -0.2) is 79.0 Å². The predicted octanol–water partition coefficient (Wildman–Crippen LogP) is 8.81. The summed E-state index contributed by atoms with van der Waals surface area (Å²) in [6.45, 7) is 5.45. The SMILES string of the molecule is Cc1c(-c2ccc3nc(C4CCCN4C(=O)[C@@H](OC(N)=O)C4CCCCC4)[nH]c3c2)ccc(-c2ccc3nc(C4CCCN4C(=O)[C@@H](OC(N)=O)C4CCCCC4)[nH]c3c2)c1C. The number of nitrogens with two attached hydrogens (primary N) is 2. The first kappa shape index (κ1) is 41.4. The van der Waals surface area contributed by atoms with Crippen LogP contribution in [0.15, 0.2) is 48.5 Å². The Morgan fingerprint density at radius 3 is 1.37 bits per heavy atom. The minimum atomic E-state index is -0.909. The molecule has 14 heteroatoms. The molecule has 2 aromatic heterocycles. The molecule has 2 aliphatic carbocycles. The molecule has 3 aromatic carbocycles. The molecule has 0 radical (unpaired) electrons.